The Labute approximate surface area is 161 Å². The van der Waals surface area contributed by atoms with Crippen LogP contribution < -0.4 is 9.47 Å². The van der Waals surface area contributed by atoms with E-state index in [1.807, 2.05) is 60.5 Å². The standard InChI is InChI=1S/C22H28N2O3/c1-23(16-18-12-9-13-19(26-2)21(18)27-3)20(17-10-5-4-6-11-17)22(25)24-14-7-8-15-24/h4-6,9-13,20H,7-8,14-16H2,1-3H3/t20-/m0/s1. The third kappa shape index (κ3) is 4.25. The summed E-state index contributed by atoms with van der Waals surface area (Å²) in [5.74, 6) is 1.58. The number of benzene rings is 2. The Hall–Kier alpha value is -2.53. The van der Waals surface area contributed by atoms with Crippen molar-refractivity contribution < 1.29 is 14.3 Å². The molecule has 1 aliphatic heterocycles. The monoisotopic (exact) mass is 368 g/mol. The fourth-order valence-electron chi connectivity index (χ4n) is 3.77. The number of hydrogen-bond donors (Lipinski definition) is 0. The molecule has 1 amide bonds. The molecule has 0 radical (unpaired) electrons. The molecule has 5 heteroatoms. The maximum Gasteiger partial charge on any atom is 0.244 e. The summed E-state index contributed by atoms with van der Waals surface area (Å²) in [6.07, 6.45) is 2.17. The lowest BCUT2D eigenvalue weighted by Crippen LogP contribution is -2.40. The van der Waals surface area contributed by atoms with Crippen molar-refractivity contribution in [3.8, 4) is 11.5 Å². The number of para-hydroxylation sites is 1. The first-order chi connectivity index (χ1) is 13.2. The van der Waals surface area contributed by atoms with Crippen LogP contribution in [0.1, 0.15) is 30.0 Å². The van der Waals surface area contributed by atoms with E-state index in [2.05, 4.69) is 4.90 Å². The molecular weight excluding hydrogens is 340 g/mol. The molecule has 0 aromatic heterocycles. The van der Waals surface area contributed by atoms with Gasteiger partial charge < -0.3 is 14.4 Å². The fourth-order valence-corrected chi connectivity index (χ4v) is 3.77. The predicted octanol–water partition coefficient (Wildman–Crippen LogP) is 3.50. The molecule has 1 saturated heterocycles. The molecule has 0 saturated carbocycles. The van der Waals surface area contributed by atoms with Crippen LogP contribution in [0.5, 0.6) is 11.5 Å². The van der Waals surface area contributed by atoms with Crippen LogP contribution in [-0.2, 0) is 11.3 Å². The van der Waals surface area contributed by atoms with Gasteiger partial charge in [-0.05, 0) is 31.5 Å². The molecule has 1 aliphatic rings. The normalized spacial score (nSPS) is 15.0. The Morgan fingerprint density at radius 1 is 1.04 bits per heavy atom. The Kier molecular flexibility index (Phi) is 6.35. The van der Waals surface area contributed by atoms with Crippen molar-refractivity contribution in [3.05, 3.63) is 59.7 Å². The number of carbonyl (C=O) groups is 1. The van der Waals surface area contributed by atoms with Gasteiger partial charge in [-0.3, -0.25) is 9.69 Å². The van der Waals surface area contributed by atoms with Crippen molar-refractivity contribution >= 4 is 5.91 Å². The van der Waals surface area contributed by atoms with E-state index in [9.17, 15) is 4.79 Å². The summed E-state index contributed by atoms with van der Waals surface area (Å²) in [6.45, 7) is 2.27. The van der Waals surface area contributed by atoms with E-state index >= 15 is 0 Å². The molecule has 1 fully saturated rings. The highest BCUT2D eigenvalue weighted by molar-refractivity contribution is 5.83. The Balaban J connectivity index is 1.89. The summed E-state index contributed by atoms with van der Waals surface area (Å²) >= 11 is 0. The number of nitrogens with zero attached hydrogens (tertiary/aromatic N) is 2. The van der Waals surface area contributed by atoms with Crippen molar-refractivity contribution in [2.24, 2.45) is 0 Å². The number of amides is 1. The van der Waals surface area contributed by atoms with Crippen LogP contribution in [0.15, 0.2) is 48.5 Å². The Morgan fingerprint density at radius 2 is 1.74 bits per heavy atom. The number of rotatable bonds is 7. The molecule has 1 atom stereocenters. The zero-order valence-corrected chi connectivity index (χ0v) is 16.4. The van der Waals surface area contributed by atoms with Crippen molar-refractivity contribution in [1.82, 2.24) is 9.80 Å². The van der Waals surface area contributed by atoms with Gasteiger partial charge in [-0.15, -0.1) is 0 Å². The van der Waals surface area contributed by atoms with E-state index in [0.717, 1.165) is 37.1 Å². The topological polar surface area (TPSA) is 42.0 Å². The fraction of sp³-hybridized carbons (Fsp3) is 0.409. The van der Waals surface area contributed by atoms with Gasteiger partial charge >= 0.3 is 0 Å². The van der Waals surface area contributed by atoms with Gasteiger partial charge in [0.15, 0.2) is 11.5 Å². The van der Waals surface area contributed by atoms with Gasteiger partial charge in [0.1, 0.15) is 6.04 Å². The zero-order valence-electron chi connectivity index (χ0n) is 16.4. The van der Waals surface area contributed by atoms with Crippen LogP contribution in [-0.4, -0.2) is 50.1 Å². The number of carbonyl (C=O) groups excluding carboxylic acids is 1. The molecule has 0 spiro atoms. The van der Waals surface area contributed by atoms with E-state index in [1.165, 1.54) is 0 Å². The first-order valence-corrected chi connectivity index (χ1v) is 9.39. The summed E-state index contributed by atoms with van der Waals surface area (Å²) in [6, 6.07) is 15.5. The molecular formula is C22H28N2O3. The molecule has 2 aromatic carbocycles. The second-order valence-corrected chi connectivity index (χ2v) is 6.91. The maximum absolute atomic E-state index is 13.3. The van der Waals surface area contributed by atoms with E-state index in [0.29, 0.717) is 18.0 Å². The van der Waals surface area contributed by atoms with Gasteiger partial charge in [-0.25, -0.2) is 0 Å². The first kappa shape index (κ1) is 19.2. The zero-order chi connectivity index (χ0) is 19.2. The minimum Gasteiger partial charge on any atom is -0.493 e. The number of ether oxygens (including phenoxy) is 2. The summed E-state index contributed by atoms with van der Waals surface area (Å²) in [7, 11) is 5.27. The van der Waals surface area contributed by atoms with Crippen LogP contribution in [0.3, 0.4) is 0 Å². The van der Waals surface area contributed by atoms with Crippen molar-refractivity contribution in [2.75, 3.05) is 34.4 Å². The highest BCUT2D eigenvalue weighted by Crippen LogP contribution is 2.33. The van der Waals surface area contributed by atoms with Gasteiger partial charge in [0.05, 0.1) is 14.2 Å². The Morgan fingerprint density at radius 3 is 2.37 bits per heavy atom. The first-order valence-electron chi connectivity index (χ1n) is 9.39. The van der Waals surface area contributed by atoms with E-state index in [1.54, 1.807) is 14.2 Å². The average Bonchev–Trinajstić information content (AvgIpc) is 3.23. The third-order valence-corrected chi connectivity index (χ3v) is 5.11. The van der Waals surface area contributed by atoms with Crippen LogP contribution in [0.4, 0.5) is 0 Å². The van der Waals surface area contributed by atoms with Crippen molar-refractivity contribution in [2.45, 2.75) is 25.4 Å². The molecule has 2 aromatic rings. The summed E-state index contributed by atoms with van der Waals surface area (Å²) < 4.78 is 11.0. The highest BCUT2D eigenvalue weighted by Gasteiger charge is 2.31. The lowest BCUT2D eigenvalue weighted by molar-refractivity contribution is -0.136. The SMILES string of the molecule is COc1cccc(CN(C)[C@H](C(=O)N2CCCC2)c2ccccc2)c1OC. The molecule has 27 heavy (non-hydrogen) atoms. The largest absolute Gasteiger partial charge is 0.493 e. The van der Waals surface area contributed by atoms with Gasteiger partial charge in [0.25, 0.3) is 0 Å². The summed E-state index contributed by atoms with van der Waals surface area (Å²) in [4.78, 5) is 17.4. The van der Waals surface area contributed by atoms with Gasteiger partial charge in [-0.2, -0.15) is 0 Å². The molecule has 1 heterocycles. The lowest BCUT2D eigenvalue weighted by Gasteiger charge is -2.31. The molecule has 0 unspecified atom stereocenters. The van der Waals surface area contributed by atoms with Gasteiger partial charge in [0.2, 0.25) is 5.91 Å². The van der Waals surface area contributed by atoms with Crippen molar-refractivity contribution in [3.63, 3.8) is 0 Å². The molecule has 144 valence electrons. The maximum atomic E-state index is 13.3. The minimum atomic E-state index is -0.319. The smallest absolute Gasteiger partial charge is 0.244 e. The van der Waals surface area contributed by atoms with Gasteiger partial charge in [0, 0.05) is 25.2 Å². The number of likely N-dealkylation sites (tertiary alicyclic amines) is 1. The average molecular weight is 368 g/mol. The summed E-state index contributed by atoms with van der Waals surface area (Å²) in [5, 5.41) is 0. The van der Waals surface area contributed by atoms with Crippen LogP contribution >= 0.6 is 0 Å². The second-order valence-electron chi connectivity index (χ2n) is 6.91. The van der Waals surface area contributed by atoms with Crippen molar-refractivity contribution in [1.29, 1.82) is 0 Å². The number of hydrogen-bond acceptors (Lipinski definition) is 4. The minimum absolute atomic E-state index is 0.170. The molecule has 0 bridgehead atoms. The predicted molar refractivity (Wildman–Crippen MR) is 106 cm³/mol. The van der Waals surface area contributed by atoms with E-state index in [-0.39, 0.29) is 11.9 Å². The van der Waals surface area contributed by atoms with E-state index in [4.69, 9.17) is 9.47 Å². The second kappa shape index (κ2) is 8.91. The highest BCUT2D eigenvalue weighted by atomic mass is 16.5. The lowest BCUT2D eigenvalue weighted by atomic mass is 10.0. The number of methoxy groups -OCH3 is 2. The third-order valence-electron chi connectivity index (χ3n) is 5.11. The van der Waals surface area contributed by atoms with E-state index < -0.39 is 0 Å². The molecule has 3 rings (SSSR count). The Bertz CT molecular complexity index is 757. The number of likely N-dealkylation sites (N-methyl/N-ethyl adjacent to an activating group) is 1. The molecule has 0 N–H and O–H groups in total. The van der Waals surface area contributed by atoms with Crippen LogP contribution in [0.25, 0.3) is 0 Å². The summed E-state index contributed by atoms with van der Waals surface area (Å²) in [5.41, 5.74) is 2.01. The molecule has 0 aliphatic carbocycles. The van der Waals surface area contributed by atoms with Crippen LogP contribution in [0.2, 0.25) is 0 Å². The van der Waals surface area contributed by atoms with Gasteiger partial charge in [-0.1, -0.05) is 42.5 Å². The van der Waals surface area contributed by atoms with Crippen LogP contribution in [0, 0.1) is 0 Å². The molecule has 5 nitrogen and oxygen atoms in total. The quantitative estimate of drug-likeness (QED) is 0.750.